The molecule has 0 bridgehead atoms. The number of alkyl halides is 2. The van der Waals surface area contributed by atoms with Crippen LogP contribution in [0.3, 0.4) is 0 Å². The van der Waals surface area contributed by atoms with Gasteiger partial charge in [-0.15, -0.1) is 0 Å². The van der Waals surface area contributed by atoms with Gasteiger partial charge in [-0.05, 0) is 93.8 Å². The second kappa shape index (κ2) is 10.5. The van der Waals surface area contributed by atoms with Crippen molar-refractivity contribution in [2.24, 2.45) is 35.5 Å². The molecule has 0 N–H and O–H groups in total. The molecule has 2 unspecified atom stereocenters. The molecular weight excluding hydrogens is 435 g/mol. The first-order chi connectivity index (χ1) is 15.8. The Labute approximate surface area is 194 Å². The van der Waals surface area contributed by atoms with Crippen molar-refractivity contribution in [1.82, 2.24) is 0 Å². The standard InChI is InChI=1S/C27H37F5O/c1-2-3-17-4-5-21(14-17)20-8-6-18(7-9-20)19-10-12-22(13-11-19)27(31,32)33-23-15-24(28)26(30)25(29)16-23/h15-22H,2-14H2,1H3. The monoisotopic (exact) mass is 472 g/mol. The normalized spacial score (nSPS) is 33.3. The maximum atomic E-state index is 14.7. The Morgan fingerprint density at radius 1 is 0.758 bits per heavy atom. The zero-order valence-electron chi connectivity index (χ0n) is 19.6. The summed E-state index contributed by atoms with van der Waals surface area (Å²) in [6.45, 7) is 2.28. The third-order valence-electron chi connectivity index (χ3n) is 8.89. The highest BCUT2D eigenvalue weighted by molar-refractivity contribution is 5.25. The molecule has 0 saturated heterocycles. The van der Waals surface area contributed by atoms with Crippen LogP contribution in [0.4, 0.5) is 22.0 Å². The van der Waals surface area contributed by atoms with E-state index >= 15 is 0 Å². The summed E-state index contributed by atoms with van der Waals surface area (Å²) in [4.78, 5) is 0. The van der Waals surface area contributed by atoms with E-state index in [2.05, 4.69) is 11.7 Å². The van der Waals surface area contributed by atoms with Crippen molar-refractivity contribution >= 4 is 0 Å². The predicted octanol–water partition coefficient (Wildman–Crippen LogP) is 8.90. The lowest BCUT2D eigenvalue weighted by atomic mass is 9.67. The van der Waals surface area contributed by atoms with Crippen LogP contribution in [0.1, 0.15) is 90.4 Å². The van der Waals surface area contributed by atoms with Gasteiger partial charge in [0, 0.05) is 12.1 Å². The molecular formula is C27H37F5O. The third-order valence-corrected chi connectivity index (χ3v) is 8.89. The van der Waals surface area contributed by atoms with Crippen LogP contribution < -0.4 is 4.74 Å². The van der Waals surface area contributed by atoms with Crippen molar-refractivity contribution in [1.29, 1.82) is 0 Å². The summed E-state index contributed by atoms with van der Waals surface area (Å²) in [7, 11) is 0. The van der Waals surface area contributed by atoms with E-state index in [1.54, 1.807) is 0 Å². The summed E-state index contributed by atoms with van der Waals surface area (Å²) < 4.78 is 73.8. The van der Waals surface area contributed by atoms with Gasteiger partial charge in [-0.25, -0.2) is 13.2 Å². The van der Waals surface area contributed by atoms with Gasteiger partial charge in [0.25, 0.3) is 0 Å². The summed E-state index contributed by atoms with van der Waals surface area (Å²) in [5.74, 6) is -2.62. The number of halogens is 5. The number of hydrogen-bond acceptors (Lipinski definition) is 1. The first-order valence-electron chi connectivity index (χ1n) is 13.0. The van der Waals surface area contributed by atoms with Crippen LogP contribution in [0, 0.1) is 53.0 Å². The molecule has 0 spiro atoms. The highest BCUT2D eigenvalue weighted by Crippen LogP contribution is 2.49. The van der Waals surface area contributed by atoms with Gasteiger partial charge in [0.2, 0.25) is 0 Å². The van der Waals surface area contributed by atoms with E-state index in [9.17, 15) is 22.0 Å². The Morgan fingerprint density at radius 3 is 1.79 bits per heavy atom. The summed E-state index contributed by atoms with van der Waals surface area (Å²) in [5, 5.41) is 0. The maximum Gasteiger partial charge on any atom is 0.400 e. The van der Waals surface area contributed by atoms with Gasteiger partial charge in [0.05, 0.1) is 5.92 Å². The topological polar surface area (TPSA) is 9.23 Å². The fourth-order valence-electron chi connectivity index (χ4n) is 7.06. The number of rotatable bonds is 7. The van der Waals surface area contributed by atoms with Gasteiger partial charge < -0.3 is 4.74 Å². The third kappa shape index (κ3) is 5.85. The summed E-state index contributed by atoms with van der Waals surface area (Å²) in [6, 6.07) is 0.955. The smallest absolute Gasteiger partial charge is 0.400 e. The quantitative estimate of drug-likeness (QED) is 0.284. The Bertz CT molecular complexity index is 758. The zero-order valence-corrected chi connectivity index (χ0v) is 19.6. The van der Waals surface area contributed by atoms with E-state index in [0.29, 0.717) is 36.8 Å². The van der Waals surface area contributed by atoms with Crippen molar-refractivity contribution in [3.63, 3.8) is 0 Å². The Hall–Kier alpha value is -1.33. The van der Waals surface area contributed by atoms with Crippen LogP contribution in [-0.2, 0) is 0 Å². The van der Waals surface area contributed by atoms with E-state index in [0.717, 1.165) is 30.6 Å². The minimum Gasteiger partial charge on any atom is -0.432 e. The molecule has 2 atom stereocenters. The van der Waals surface area contributed by atoms with E-state index in [1.807, 2.05) is 0 Å². The number of hydrogen-bond donors (Lipinski definition) is 0. The summed E-state index contributed by atoms with van der Waals surface area (Å²) in [6.07, 6.45) is 10.5. The average Bonchev–Trinajstić information content (AvgIpc) is 3.26. The molecule has 1 aromatic rings. The largest absolute Gasteiger partial charge is 0.432 e. The molecule has 6 heteroatoms. The Balaban J connectivity index is 1.24. The molecule has 3 saturated carbocycles. The van der Waals surface area contributed by atoms with Crippen molar-refractivity contribution in [2.45, 2.75) is 96.5 Å². The first kappa shape index (κ1) is 24.8. The molecule has 1 aromatic carbocycles. The molecule has 0 heterocycles. The molecule has 3 fully saturated rings. The van der Waals surface area contributed by atoms with Crippen molar-refractivity contribution < 1.29 is 26.7 Å². The van der Waals surface area contributed by atoms with Crippen LogP contribution >= 0.6 is 0 Å². The van der Waals surface area contributed by atoms with E-state index in [-0.39, 0.29) is 0 Å². The van der Waals surface area contributed by atoms with Gasteiger partial charge in [-0.1, -0.05) is 26.2 Å². The number of ether oxygens (including phenoxy) is 1. The molecule has 3 aliphatic rings. The second-order valence-corrected chi connectivity index (χ2v) is 10.9. The molecule has 3 aliphatic carbocycles. The maximum absolute atomic E-state index is 14.7. The average molecular weight is 473 g/mol. The summed E-state index contributed by atoms with van der Waals surface area (Å²) in [5.41, 5.74) is 0. The molecule has 0 radical (unpaired) electrons. The van der Waals surface area contributed by atoms with E-state index in [4.69, 9.17) is 0 Å². The fraction of sp³-hybridized carbons (Fsp3) is 0.778. The van der Waals surface area contributed by atoms with Crippen LogP contribution in [0.2, 0.25) is 0 Å². The van der Waals surface area contributed by atoms with Crippen LogP contribution in [0.5, 0.6) is 5.75 Å². The van der Waals surface area contributed by atoms with Gasteiger partial charge in [-0.3, -0.25) is 0 Å². The van der Waals surface area contributed by atoms with Gasteiger partial charge in [0.15, 0.2) is 17.5 Å². The van der Waals surface area contributed by atoms with Crippen molar-refractivity contribution in [2.75, 3.05) is 0 Å². The van der Waals surface area contributed by atoms with Crippen LogP contribution in [-0.4, -0.2) is 6.11 Å². The lowest BCUT2D eigenvalue weighted by molar-refractivity contribution is -0.224. The van der Waals surface area contributed by atoms with E-state index < -0.39 is 35.2 Å². The van der Waals surface area contributed by atoms with Gasteiger partial charge in [0.1, 0.15) is 5.75 Å². The minimum atomic E-state index is -3.53. The second-order valence-electron chi connectivity index (χ2n) is 10.9. The first-order valence-corrected chi connectivity index (χ1v) is 13.0. The molecule has 0 aliphatic heterocycles. The van der Waals surface area contributed by atoms with Crippen LogP contribution in [0.25, 0.3) is 0 Å². The van der Waals surface area contributed by atoms with Gasteiger partial charge in [-0.2, -0.15) is 8.78 Å². The van der Waals surface area contributed by atoms with Crippen LogP contribution in [0.15, 0.2) is 12.1 Å². The fourth-order valence-corrected chi connectivity index (χ4v) is 7.06. The van der Waals surface area contributed by atoms with E-state index in [1.165, 1.54) is 57.8 Å². The lowest BCUT2D eigenvalue weighted by Crippen LogP contribution is -2.38. The minimum absolute atomic E-state index is 0.338. The highest BCUT2D eigenvalue weighted by Gasteiger charge is 2.45. The molecule has 33 heavy (non-hydrogen) atoms. The Morgan fingerprint density at radius 2 is 1.24 bits per heavy atom. The molecule has 4 rings (SSSR count). The van der Waals surface area contributed by atoms with Gasteiger partial charge >= 0.3 is 6.11 Å². The Kier molecular flexibility index (Phi) is 7.90. The molecule has 0 aromatic heterocycles. The zero-order chi connectivity index (χ0) is 23.6. The number of benzene rings is 1. The lowest BCUT2D eigenvalue weighted by Gasteiger charge is -2.40. The highest BCUT2D eigenvalue weighted by atomic mass is 19.3. The molecule has 186 valence electrons. The van der Waals surface area contributed by atoms with Crippen molar-refractivity contribution in [3.05, 3.63) is 29.6 Å². The molecule has 0 amide bonds. The summed E-state index contributed by atoms with van der Waals surface area (Å²) >= 11 is 0. The molecule has 1 nitrogen and oxygen atoms in total. The SMILES string of the molecule is CCCC1CCC(C2CCC(C3CCC(C(F)(F)Oc4cc(F)c(F)c(F)c4)CC3)CC2)C1. The predicted molar refractivity (Wildman–Crippen MR) is 119 cm³/mol. The van der Waals surface area contributed by atoms with Crippen molar-refractivity contribution in [3.8, 4) is 5.75 Å².